The van der Waals surface area contributed by atoms with E-state index in [1.54, 1.807) is 6.92 Å². The van der Waals surface area contributed by atoms with Crippen LogP contribution in [-0.4, -0.2) is 0 Å². The van der Waals surface area contributed by atoms with Gasteiger partial charge in [-0.3, -0.25) is 0 Å². The fraction of sp³-hybridized carbons (Fsp3) is 0.0769. The maximum atomic E-state index is 14.7. The van der Waals surface area contributed by atoms with Gasteiger partial charge in [-0.1, -0.05) is 29.8 Å². The highest BCUT2D eigenvalue weighted by Gasteiger charge is 2.43. The molecule has 36 heavy (non-hydrogen) atoms. The first kappa shape index (κ1) is 25.2. The van der Waals surface area contributed by atoms with E-state index in [0.29, 0.717) is 24.3 Å². The highest BCUT2D eigenvalue weighted by atomic mass is 19.3. The number of rotatable bonds is 5. The smallest absolute Gasteiger partial charge is 0.429 e. The molecule has 0 amide bonds. The van der Waals surface area contributed by atoms with E-state index in [1.165, 1.54) is 24.3 Å². The van der Waals surface area contributed by atoms with E-state index in [-0.39, 0.29) is 5.56 Å². The third-order valence-electron chi connectivity index (χ3n) is 5.29. The molecule has 0 aliphatic heterocycles. The molecule has 10 heteroatoms. The molecule has 4 aromatic rings. The van der Waals surface area contributed by atoms with E-state index in [4.69, 9.17) is 0 Å². The van der Waals surface area contributed by atoms with Gasteiger partial charge in [-0.25, -0.2) is 30.7 Å². The minimum Gasteiger partial charge on any atom is -0.429 e. The molecule has 0 aliphatic carbocycles. The summed E-state index contributed by atoms with van der Waals surface area (Å²) in [5.74, 6) is -13.0. The minimum atomic E-state index is -4.79. The third-order valence-corrected chi connectivity index (χ3v) is 5.29. The lowest BCUT2D eigenvalue weighted by Crippen LogP contribution is -2.26. The Morgan fingerprint density at radius 2 is 1.17 bits per heavy atom. The van der Waals surface area contributed by atoms with Gasteiger partial charge in [0.05, 0.1) is 0 Å². The summed E-state index contributed by atoms with van der Waals surface area (Å²) in [5.41, 5.74) is -2.79. The summed E-state index contributed by atoms with van der Waals surface area (Å²) in [4.78, 5) is 0. The molecule has 0 spiro atoms. The molecule has 0 saturated heterocycles. The largest absolute Gasteiger partial charge is 0.432 e. The van der Waals surface area contributed by atoms with Gasteiger partial charge in [0.1, 0.15) is 22.9 Å². The highest BCUT2D eigenvalue weighted by Crippen LogP contribution is 2.39. The van der Waals surface area contributed by atoms with Crippen molar-refractivity contribution >= 4 is 0 Å². The van der Waals surface area contributed by atoms with E-state index < -0.39 is 74.8 Å². The molecule has 0 fully saturated rings. The SMILES string of the molecule is Cc1ccc(-c2cc(F)c(C(F)(F)Oc3ccc(-c4cc(F)c(F)c(F)c4)c(F)c3)c(F)c2F)cc1. The van der Waals surface area contributed by atoms with Crippen LogP contribution in [0.3, 0.4) is 0 Å². The van der Waals surface area contributed by atoms with Gasteiger partial charge in [0, 0.05) is 17.2 Å². The molecule has 0 unspecified atom stereocenters. The first-order chi connectivity index (χ1) is 16.9. The summed E-state index contributed by atoms with van der Waals surface area (Å²) < 4.78 is 132. The van der Waals surface area contributed by atoms with Crippen LogP contribution in [0.15, 0.2) is 60.7 Å². The second kappa shape index (κ2) is 9.25. The van der Waals surface area contributed by atoms with Crippen molar-refractivity contribution in [1.29, 1.82) is 0 Å². The summed E-state index contributed by atoms with van der Waals surface area (Å²) in [7, 11) is 0. The minimum absolute atomic E-state index is 0.0398. The molecule has 4 aromatic carbocycles. The first-order valence-electron chi connectivity index (χ1n) is 10.2. The number of alkyl halides is 2. The van der Waals surface area contributed by atoms with Crippen LogP contribution in [0.5, 0.6) is 5.75 Å². The quantitative estimate of drug-likeness (QED) is 0.148. The van der Waals surface area contributed by atoms with Gasteiger partial charge < -0.3 is 4.74 Å². The molecule has 4 rings (SSSR count). The Morgan fingerprint density at radius 3 is 1.75 bits per heavy atom. The molecule has 0 radical (unpaired) electrons. The second-order valence-electron chi connectivity index (χ2n) is 7.79. The van der Waals surface area contributed by atoms with E-state index in [0.717, 1.165) is 17.7 Å². The zero-order chi connectivity index (χ0) is 26.4. The van der Waals surface area contributed by atoms with Gasteiger partial charge >= 0.3 is 6.11 Å². The Balaban J connectivity index is 1.68. The number of hydrogen-bond acceptors (Lipinski definition) is 1. The number of halogens is 9. The number of ether oxygens (including phenoxy) is 1. The summed E-state index contributed by atoms with van der Waals surface area (Å²) >= 11 is 0. The number of aryl methyl sites for hydroxylation is 1. The van der Waals surface area contributed by atoms with Crippen molar-refractivity contribution in [2.45, 2.75) is 13.0 Å². The Kier molecular flexibility index (Phi) is 6.46. The van der Waals surface area contributed by atoms with Crippen LogP contribution < -0.4 is 4.74 Å². The van der Waals surface area contributed by atoms with Crippen molar-refractivity contribution in [2.24, 2.45) is 0 Å². The van der Waals surface area contributed by atoms with Gasteiger partial charge in [-0.15, -0.1) is 0 Å². The second-order valence-corrected chi connectivity index (χ2v) is 7.79. The molecule has 0 aromatic heterocycles. The van der Waals surface area contributed by atoms with Crippen LogP contribution in [-0.2, 0) is 6.11 Å². The number of benzene rings is 4. The van der Waals surface area contributed by atoms with Gasteiger partial charge in [0.25, 0.3) is 0 Å². The van der Waals surface area contributed by atoms with Crippen LogP contribution in [0.1, 0.15) is 11.1 Å². The van der Waals surface area contributed by atoms with Crippen molar-refractivity contribution in [2.75, 3.05) is 0 Å². The van der Waals surface area contributed by atoms with Crippen LogP contribution in [0, 0.1) is 47.6 Å². The molecule has 0 heterocycles. The summed E-state index contributed by atoms with van der Waals surface area (Å²) in [6.45, 7) is 1.72. The molecule has 0 bridgehead atoms. The van der Waals surface area contributed by atoms with Crippen LogP contribution in [0.4, 0.5) is 39.5 Å². The molecular weight excluding hydrogens is 499 g/mol. The van der Waals surface area contributed by atoms with Crippen molar-refractivity contribution in [3.05, 3.63) is 113 Å². The Morgan fingerprint density at radius 1 is 0.556 bits per heavy atom. The predicted octanol–water partition coefficient (Wildman–Crippen LogP) is 8.43. The van der Waals surface area contributed by atoms with Crippen LogP contribution >= 0.6 is 0 Å². The molecule has 0 aliphatic rings. The van der Waals surface area contributed by atoms with E-state index in [2.05, 4.69) is 4.74 Å². The number of hydrogen-bond donors (Lipinski definition) is 0. The van der Waals surface area contributed by atoms with Gasteiger partial charge in [0.2, 0.25) is 0 Å². The fourth-order valence-electron chi connectivity index (χ4n) is 3.51. The average Bonchev–Trinajstić information content (AvgIpc) is 2.80. The van der Waals surface area contributed by atoms with E-state index in [9.17, 15) is 39.5 Å². The lowest BCUT2D eigenvalue weighted by atomic mass is 10.0. The monoisotopic (exact) mass is 512 g/mol. The van der Waals surface area contributed by atoms with Crippen LogP contribution in [0.25, 0.3) is 22.3 Å². The molecule has 0 atom stereocenters. The van der Waals surface area contributed by atoms with Crippen LogP contribution in [0.2, 0.25) is 0 Å². The summed E-state index contributed by atoms with van der Waals surface area (Å²) in [5, 5.41) is 0. The molecule has 0 saturated carbocycles. The average molecular weight is 512 g/mol. The van der Waals surface area contributed by atoms with Crippen molar-refractivity contribution in [1.82, 2.24) is 0 Å². The fourth-order valence-corrected chi connectivity index (χ4v) is 3.51. The van der Waals surface area contributed by atoms with Crippen molar-refractivity contribution in [3.63, 3.8) is 0 Å². The zero-order valence-corrected chi connectivity index (χ0v) is 18.1. The molecule has 1 nitrogen and oxygen atoms in total. The van der Waals surface area contributed by atoms with Gasteiger partial charge in [-0.2, -0.15) is 8.78 Å². The maximum absolute atomic E-state index is 14.7. The Bertz CT molecular complexity index is 1440. The first-order valence-corrected chi connectivity index (χ1v) is 10.2. The molecule has 186 valence electrons. The molecular formula is C26H13F9O. The van der Waals surface area contributed by atoms with Crippen molar-refractivity contribution < 1.29 is 44.3 Å². The topological polar surface area (TPSA) is 9.23 Å². The third kappa shape index (κ3) is 4.62. The normalized spacial score (nSPS) is 11.6. The standard InChI is InChI=1S/C26H13F9O/c1-12-2-4-13(5-3-12)17-11-19(28)22(25(33)23(17)31)26(34,35)36-15-6-7-16(18(27)10-15)14-8-20(29)24(32)21(30)9-14/h2-11H,1H3. The van der Waals surface area contributed by atoms with Gasteiger partial charge in [0.15, 0.2) is 29.1 Å². The summed E-state index contributed by atoms with van der Waals surface area (Å²) in [6, 6.07) is 8.97. The molecule has 0 N–H and O–H groups in total. The highest BCUT2D eigenvalue weighted by molar-refractivity contribution is 5.66. The Labute approximate surface area is 198 Å². The van der Waals surface area contributed by atoms with E-state index in [1.807, 2.05) is 0 Å². The maximum Gasteiger partial charge on any atom is 0.432 e. The summed E-state index contributed by atoms with van der Waals surface area (Å²) in [6.07, 6.45) is -4.79. The van der Waals surface area contributed by atoms with E-state index >= 15 is 0 Å². The predicted molar refractivity (Wildman–Crippen MR) is 113 cm³/mol. The lowest BCUT2D eigenvalue weighted by Gasteiger charge is -2.21. The van der Waals surface area contributed by atoms with Crippen molar-refractivity contribution in [3.8, 4) is 28.0 Å². The lowest BCUT2D eigenvalue weighted by molar-refractivity contribution is -0.189. The van der Waals surface area contributed by atoms with Gasteiger partial charge in [-0.05, 0) is 48.4 Å². The zero-order valence-electron chi connectivity index (χ0n) is 18.1. The Hall–Kier alpha value is -3.95.